The van der Waals surface area contributed by atoms with Crippen molar-refractivity contribution in [3.63, 3.8) is 0 Å². The van der Waals surface area contributed by atoms with Crippen LogP contribution in [0.25, 0.3) is 0 Å². The van der Waals surface area contributed by atoms with Gasteiger partial charge in [0.25, 0.3) is 0 Å². The van der Waals surface area contributed by atoms with Gasteiger partial charge in [-0.1, -0.05) is 0 Å². The van der Waals surface area contributed by atoms with Crippen molar-refractivity contribution in [2.24, 2.45) is 0 Å². The average Bonchev–Trinajstić information content (AvgIpc) is 1.80. The summed E-state index contributed by atoms with van der Waals surface area (Å²) in [5.74, 6) is 0.0977. The molecule has 0 N–H and O–H groups in total. The van der Waals surface area contributed by atoms with Crippen LogP contribution in [0.2, 0.25) is 0 Å². The third-order valence-electron chi connectivity index (χ3n) is 1.45. The average molecular weight is 232 g/mol. The van der Waals surface area contributed by atoms with E-state index >= 15 is 0 Å². The Labute approximate surface area is 92.8 Å². The van der Waals surface area contributed by atoms with Crippen molar-refractivity contribution in [2.75, 3.05) is 34.8 Å². The monoisotopic (exact) mass is 231 g/mol. The first-order valence-electron chi connectivity index (χ1n) is 3.70. The SMILES string of the molecule is COC(C[N+](C)(C)C)C(C)=O.Cl.[Cl-]. The molecule has 0 amide bonds. The molecule has 0 saturated carbocycles. The van der Waals surface area contributed by atoms with E-state index in [0.29, 0.717) is 0 Å². The lowest BCUT2D eigenvalue weighted by Crippen LogP contribution is -3.00. The first kappa shape index (κ1) is 18.9. The summed E-state index contributed by atoms with van der Waals surface area (Å²) in [4.78, 5) is 10.9. The maximum absolute atomic E-state index is 10.9. The molecule has 0 aromatic rings. The van der Waals surface area contributed by atoms with E-state index in [1.165, 1.54) is 0 Å². The zero-order valence-electron chi connectivity index (χ0n) is 8.83. The molecule has 0 aliphatic heterocycles. The maximum Gasteiger partial charge on any atom is 0.164 e. The Kier molecular flexibility index (Phi) is 11.0. The molecule has 0 aliphatic rings. The molecule has 0 aromatic carbocycles. The lowest BCUT2D eigenvalue weighted by atomic mass is 10.2. The van der Waals surface area contributed by atoms with E-state index in [0.717, 1.165) is 11.0 Å². The fourth-order valence-corrected chi connectivity index (χ4v) is 0.867. The van der Waals surface area contributed by atoms with E-state index in [-0.39, 0.29) is 36.7 Å². The van der Waals surface area contributed by atoms with Crippen molar-refractivity contribution in [2.45, 2.75) is 13.0 Å². The Morgan fingerprint density at radius 3 is 1.85 bits per heavy atom. The molecule has 0 fully saturated rings. The van der Waals surface area contributed by atoms with Crippen LogP contribution in [0, 0.1) is 0 Å². The molecule has 1 atom stereocenters. The van der Waals surface area contributed by atoms with Gasteiger partial charge in [-0.15, -0.1) is 12.4 Å². The fraction of sp³-hybridized carbons (Fsp3) is 0.875. The van der Waals surface area contributed by atoms with E-state index in [1.54, 1.807) is 14.0 Å². The number of quaternary nitrogens is 1. The standard InChI is InChI=1S/C8H18NO2.2ClH/c1-7(10)8(11-5)6-9(2,3)4;;/h8H,6H2,1-5H3;2*1H/q+1;;/p-1. The minimum absolute atomic E-state index is 0. The molecule has 1 unspecified atom stereocenters. The molecule has 82 valence electrons. The molecular formula is C8H19Cl2NO2. The van der Waals surface area contributed by atoms with Crippen LogP contribution >= 0.6 is 12.4 Å². The number of carbonyl (C=O) groups is 1. The quantitative estimate of drug-likeness (QED) is 0.511. The van der Waals surface area contributed by atoms with Crippen LogP contribution in [-0.2, 0) is 9.53 Å². The summed E-state index contributed by atoms with van der Waals surface area (Å²) in [5, 5.41) is 0. The van der Waals surface area contributed by atoms with Crippen molar-refractivity contribution in [1.82, 2.24) is 0 Å². The van der Waals surface area contributed by atoms with Gasteiger partial charge >= 0.3 is 0 Å². The first-order valence-corrected chi connectivity index (χ1v) is 3.70. The largest absolute Gasteiger partial charge is 1.00 e. The number of hydrogen-bond acceptors (Lipinski definition) is 2. The molecule has 13 heavy (non-hydrogen) atoms. The van der Waals surface area contributed by atoms with Gasteiger partial charge in [-0.05, 0) is 6.92 Å². The Morgan fingerprint density at radius 1 is 1.38 bits per heavy atom. The van der Waals surface area contributed by atoms with Crippen molar-refractivity contribution >= 4 is 18.2 Å². The number of methoxy groups -OCH3 is 1. The maximum atomic E-state index is 10.9. The number of nitrogens with zero attached hydrogens (tertiary/aromatic N) is 1. The highest BCUT2D eigenvalue weighted by Crippen LogP contribution is 1.99. The second kappa shape index (κ2) is 7.56. The first-order chi connectivity index (χ1) is 4.87. The van der Waals surface area contributed by atoms with Crippen molar-refractivity contribution in [3.05, 3.63) is 0 Å². The highest BCUT2D eigenvalue weighted by atomic mass is 35.5. The van der Waals surface area contributed by atoms with E-state index in [9.17, 15) is 4.79 Å². The summed E-state index contributed by atoms with van der Waals surface area (Å²) in [6.07, 6.45) is -0.255. The van der Waals surface area contributed by atoms with Gasteiger partial charge in [0, 0.05) is 7.11 Å². The summed E-state index contributed by atoms with van der Waals surface area (Å²) in [5.41, 5.74) is 0. The fourth-order valence-electron chi connectivity index (χ4n) is 0.867. The molecule has 0 spiro atoms. The summed E-state index contributed by atoms with van der Waals surface area (Å²) >= 11 is 0. The van der Waals surface area contributed by atoms with Gasteiger partial charge in [-0.25, -0.2) is 0 Å². The van der Waals surface area contributed by atoms with E-state index in [2.05, 4.69) is 0 Å². The lowest BCUT2D eigenvalue weighted by Gasteiger charge is -2.27. The molecule has 0 rings (SSSR count). The number of rotatable bonds is 4. The minimum Gasteiger partial charge on any atom is -1.00 e. The molecule has 0 aromatic heterocycles. The van der Waals surface area contributed by atoms with Crippen molar-refractivity contribution < 1.29 is 26.4 Å². The van der Waals surface area contributed by atoms with Gasteiger partial charge in [-0.3, -0.25) is 4.79 Å². The molecule has 3 nitrogen and oxygen atoms in total. The smallest absolute Gasteiger partial charge is 0.164 e. The number of likely N-dealkylation sites (N-methyl/N-ethyl adjacent to an activating group) is 1. The third-order valence-corrected chi connectivity index (χ3v) is 1.45. The Balaban J connectivity index is -0.000000500. The third kappa shape index (κ3) is 10.1. The molecule has 0 saturated heterocycles. The molecule has 0 heterocycles. The van der Waals surface area contributed by atoms with Crippen LogP contribution in [0.4, 0.5) is 0 Å². The topological polar surface area (TPSA) is 26.3 Å². The number of carbonyl (C=O) groups excluding carboxylic acids is 1. The summed E-state index contributed by atoms with van der Waals surface area (Å²) < 4.78 is 5.77. The highest BCUT2D eigenvalue weighted by Gasteiger charge is 2.20. The zero-order chi connectivity index (χ0) is 9.07. The van der Waals surface area contributed by atoms with Crippen LogP contribution in [0.1, 0.15) is 6.92 Å². The summed E-state index contributed by atoms with van der Waals surface area (Å²) in [6.45, 7) is 2.29. The Bertz CT molecular complexity index is 146. The lowest BCUT2D eigenvalue weighted by molar-refractivity contribution is -0.872. The zero-order valence-corrected chi connectivity index (χ0v) is 10.4. The van der Waals surface area contributed by atoms with E-state index in [1.807, 2.05) is 21.1 Å². The second-order valence-corrected chi connectivity index (χ2v) is 3.81. The predicted molar refractivity (Wildman–Crippen MR) is 51.6 cm³/mol. The van der Waals surface area contributed by atoms with Gasteiger partial charge in [0.1, 0.15) is 6.54 Å². The number of Topliss-reactive ketones (excluding diaryl/α,β-unsaturated/α-hetero) is 1. The number of hydrogen-bond donors (Lipinski definition) is 0. The van der Waals surface area contributed by atoms with Gasteiger partial charge in [-0.2, -0.15) is 0 Å². The van der Waals surface area contributed by atoms with Gasteiger partial charge < -0.3 is 21.6 Å². The summed E-state index contributed by atoms with van der Waals surface area (Å²) in [6, 6.07) is 0. The van der Waals surface area contributed by atoms with Crippen LogP contribution in [0.15, 0.2) is 0 Å². The molecule has 0 radical (unpaired) electrons. The summed E-state index contributed by atoms with van der Waals surface area (Å²) in [7, 11) is 7.68. The predicted octanol–water partition coefficient (Wildman–Crippen LogP) is -2.28. The van der Waals surface area contributed by atoms with Gasteiger partial charge in [0.05, 0.1) is 21.1 Å². The molecule has 0 bridgehead atoms. The number of ether oxygens (including phenoxy) is 1. The molecule has 0 aliphatic carbocycles. The van der Waals surface area contributed by atoms with Crippen LogP contribution < -0.4 is 12.4 Å². The Morgan fingerprint density at radius 2 is 1.77 bits per heavy atom. The van der Waals surface area contributed by atoms with Gasteiger partial charge in [0.2, 0.25) is 0 Å². The van der Waals surface area contributed by atoms with Crippen LogP contribution in [0.3, 0.4) is 0 Å². The van der Waals surface area contributed by atoms with E-state index in [4.69, 9.17) is 4.74 Å². The van der Waals surface area contributed by atoms with Gasteiger partial charge in [0.15, 0.2) is 11.9 Å². The van der Waals surface area contributed by atoms with Crippen LogP contribution in [0.5, 0.6) is 0 Å². The van der Waals surface area contributed by atoms with Crippen LogP contribution in [-0.4, -0.2) is 51.2 Å². The Hall–Kier alpha value is 0.170. The molecule has 5 heteroatoms. The number of halogens is 2. The second-order valence-electron chi connectivity index (χ2n) is 3.81. The van der Waals surface area contributed by atoms with Crippen molar-refractivity contribution in [1.29, 1.82) is 0 Å². The van der Waals surface area contributed by atoms with Crippen molar-refractivity contribution in [3.8, 4) is 0 Å². The highest BCUT2D eigenvalue weighted by molar-refractivity contribution is 5.85. The number of ketones is 1. The van der Waals surface area contributed by atoms with E-state index < -0.39 is 0 Å². The molecular weight excluding hydrogens is 213 g/mol. The normalized spacial score (nSPS) is 12.4. The minimum atomic E-state index is -0.255.